The van der Waals surface area contributed by atoms with Crippen LogP contribution in [0.15, 0.2) is 71.6 Å². The Morgan fingerprint density at radius 1 is 1.00 bits per heavy atom. The van der Waals surface area contributed by atoms with Crippen molar-refractivity contribution < 1.29 is 22.7 Å². The number of hydrogen-bond acceptors (Lipinski definition) is 4. The van der Waals surface area contributed by atoms with E-state index in [1.54, 1.807) is 50.2 Å². The van der Waals surface area contributed by atoms with Crippen molar-refractivity contribution in [1.82, 2.24) is 5.32 Å². The molecule has 3 aromatic carbocycles. The van der Waals surface area contributed by atoms with Gasteiger partial charge in [0.25, 0.3) is 15.9 Å². The van der Waals surface area contributed by atoms with Crippen LogP contribution in [0.5, 0.6) is 0 Å². The molecule has 6 nitrogen and oxygen atoms in total. The molecule has 1 unspecified atom stereocenters. The van der Waals surface area contributed by atoms with E-state index in [-0.39, 0.29) is 17.0 Å². The molecule has 162 valence electrons. The number of aryl methyl sites for hydroxylation is 2. The zero-order valence-electron chi connectivity index (χ0n) is 17.1. The van der Waals surface area contributed by atoms with E-state index in [9.17, 15) is 22.7 Å². The highest BCUT2D eigenvalue weighted by Crippen LogP contribution is 2.22. The molecule has 3 aromatic rings. The number of aliphatic hydroxyl groups is 1. The van der Waals surface area contributed by atoms with Crippen molar-refractivity contribution >= 4 is 21.6 Å². The quantitative estimate of drug-likeness (QED) is 0.520. The summed E-state index contributed by atoms with van der Waals surface area (Å²) in [6.45, 7) is 3.32. The summed E-state index contributed by atoms with van der Waals surface area (Å²) in [6, 6.07) is 16.7. The first-order chi connectivity index (χ1) is 14.7. The zero-order chi connectivity index (χ0) is 22.6. The Morgan fingerprint density at radius 3 is 2.45 bits per heavy atom. The second kappa shape index (κ2) is 9.28. The first-order valence-electron chi connectivity index (χ1n) is 9.58. The van der Waals surface area contributed by atoms with Gasteiger partial charge in [-0.05, 0) is 60.9 Å². The minimum absolute atomic E-state index is 0.0582. The third-order valence-electron chi connectivity index (χ3n) is 4.84. The molecular formula is C23H23FN2O4S. The summed E-state index contributed by atoms with van der Waals surface area (Å²) in [5.74, 6) is -1.03. The molecule has 0 aliphatic carbocycles. The maximum Gasteiger partial charge on any atom is 0.261 e. The van der Waals surface area contributed by atoms with Gasteiger partial charge in [-0.1, -0.05) is 36.4 Å². The molecular weight excluding hydrogens is 419 g/mol. The Balaban J connectivity index is 1.77. The predicted molar refractivity (Wildman–Crippen MR) is 117 cm³/mol. The van der Waals surface area contributed by atoms with Crippen LogP contribution in [0.1, 0.15) is 33.2 Å². The van der Waals surface area contributed by atoms with E-state index in [0.717, 1.165) is 5.56 Å². The second-order valence-corrected chi connectivity index (χ2v) is 8.86. The van der Waals surface area contributed by atoms with Gasteiger partial charge < -0.3 is 10.4 Å². The average Bonchev–Trinajstić information content (AvgIpc) is 2.73. The average molecular weight is 443 g/mol. The lowest BCUT2D eigenvalue weighted by Gasteiger charge is -2.15. The van der Waals surface area contributed by atoms with Crippen molar-refractivity contribution in [2.75, 3.05) is 11.3 Å². The molecule has 8 heteroatoms. The minimum atomic E-state index is -3.91. The Bertz CT molecular complexity index is 1210. The maximum atomic E-state index is 13.3. The molecule has 0 aromatic heterocycles. The third kappa shape index (κ3) is 5.48. The number of aliphatic hydroxyl groups excluding tert-OH is 1. The number of anilines is 1. The summed E-state index contributed by atoms with van der Waals surface area (Å²) in [6.07, 6.45) is -1.10. The van der Waals surface area contributed by atoms with Gasteiger partial charge in [0.1, 0.15) is 5.82 Å². The molecule has 1 atom stereocenters. The molecule has 0 aliphatic rings. The number of carbonyl (C=O) groups is 1. The molecule has 0 radical (unpaired) electrons. The van der Waals surface area contributed by atoms with E-state index in [4.69, 9.17) is 0 Å². The molecule has 0 saturated carbocycles. The van der Waals surface area contributed by atoms with Crippen LogP contribution >= 0.6 is 0 Å². The zero-order valence-corrected chi connectivity index (χ0v) is 17.9. The van der Waals surface area contributed by atoms with Gasteiger partial charge in [0, 0.05) is 12.1 Å². The minimum Gasteiger partial charge on any atom is -0.387 e. The Morgan fingerprint density at radius 2 is 1.74 bits per heavy atom. The molecule has 3 N–H and O–H groups in total. The number of para-hydroxylation sites is 1. The van der Waals surface area contributed by atoms with Crippen LogP contribution in [0, 0.1) is 19.7 Å². The Labute approximate surface area is 180 Å². The van der Waals surface area contributed by atoms with Crippen LogP contribution in [0.2, 0.25) is 0 Å². The lowest BCUT2D eigenvalue weighted by Crippen LogP contribution is -2.29. The fourth-order valence-electron chi connectivity index (χ4n) is 3.02. The lowest BCUT2D eigenvalue weighted by atomic mass is 10.1. The monoisotopic (exact) mass is 442 g/mol. The molecule has 0 spiro atoms. The largest absolute Gasteiger partial charge is 0.387 e. The summed E-state index contributed by atoms with van der Waals surface area (Å²) in [5, 5.41) is 12.8. The number of nitrogens with one attached hydrogen (secondary N) is 2. The van der Waals surface area contributed by atoms with Crippen molar-refractivity contribution in [2.24, 2.45) is 0 Å². The summed E-state index contributed by atoms with van der Waals surface area (Å²) >= 11 is 0. The van der Waals surface area contributed by atoms with Crippen molar-refractivity contribution in [3.63, 3.8) is 0 Å². The van der Waals surface area contributed by atoms with Crippen LogP contribution in [-0.2, 0) is 10.0 Å². The van der Waals surface area contributed by atoms with Crippen LogP contribution in [0.3, 0.4) is 0 Å². The van der Waals surface area contributed by atoms with Gasteiger partial charge in [0.05, 0.1) is 16.7 Å². The molecule has 31 heavy (non-hydrogen) atoms. The van der Waals surface area contributed by atoms with Gasteiger partial charge in [-0.15, -0.1) is 0 Å². The molecule has 0 bridgehead atoms. The van der Waals surface area contributed by atoms with Gasteiger partial charge in [-0.2, -0.15) is 0 Å². The van der Waals surface area contributed by atoms with E-state index in [2.05, 4.69) is 10.0 Å². The first kappa shape index (κ1) is 22.5. The summed E-state index contributed by atoms with van der Waals surface area (Å²) in [5.41, 5.74) is 2.29. The SMILES string of the molecule is Cc1ccccc1NS(=O)(=O)c1ccc(C)c(C(=O)NCC(O)c2cccc(F)c2)c1. The van der Waals surface area contributed by atoms with Crippen LogP contribution in [0.25, 0.3) is 0 Å². The van der Waals surface area contributed by atoms with Crippen molar-refractivity contribution in [3.05, 3.63) is 94.8 Å². The smallest absolute Gasteiger partial charge is 0.261 e. The summed E-state index contributed by atoms with van der Waals surface area (Å²) in [7, 11) is -3.91. The molecule has 3 rings (SSSR count). The topological polar surface area (TPSA) is 95.5 Å². The van der Waals surface area contributed by atoms with Crippen LogP contribution < -0.4 is 10.0 Å². The lowest BCUT2D eigenvalue weighted by molar-refractivity contribution is 0.0915. The molecule has 0 aliphatic heterocycles. The highest BCUT2D eigenvalue weighted by Gasteiger charge is 2.19. The van der Waals surface area contributed by atoms with Gasteiger partial charge >= 0.3 is 0 Å². The van der Waals surface area contributed by atoms with Gasteiger partial charge in [-0.25, -0.2) is 12.8 Å². The summed E-state index contributed by atoms with van der Waals surface area (Å²) < 4.78 is 41.5. The fraction of sp³-hybridized carbons (Fsp3) is 0.174. The molecule has 0 saturated heterocycles. The molecule has 0 heterocycles. The first-order valence-corrected chi connectivity index (χ1v) is 11.1. The summed E-state index contributed by atoms with van der Waals surface area (Å²) in [4.78, 5) is 12.6. The van der Waals surface area contributed by atoms with E-state index in [1.807, 2.05) is 0 Å². The fourth-order valence-corrected chi connectivity index (χ4v) is 4.18. The molecule has 0 fully saturated rings. The van der Waals surface area contributed by atoms with Crippen molar-refractivity contribution in [3.8, 4) is 0 Å². The van der Waals surface area contributed by atoms with E-state index >= 15 is 0 Å². The number of benzene rings is 3. The normalized spacial score (nSPS) is 12.3. The van der Waals surface area contributed by atoms with Crippen LogP contribution in [0.4, 0.5) is 10.1 Å². The Hall–Kier alpha value is -3.23. The highest BCUT2D eigenvalue weighted by molar-refractivity contribution is 7.92. The van der Waals surface area contributed by atoms with E-state index in [1.165, 1.54) is 30.3 Å². The highest BCUT2D eigenvalue weighted by atomic mass is 32.2. The van der Waals surface area contributed by atoms with Crippen molar-refractivity contribution in [1.29, 1.82) is 0 Å². The third-order valence-corrected chi connectivity index (χ3v) is 6.21. The van der Waals surface area contributed by atoms with Gasteiger partial charge in [0.2, 0.25) is 0 Å². The number of sulfonamides is 1. The number of hydrogen-bond donors (Lipinski definition) is 3. The predicted octanol–water partition coefficient (Wildman–Crippen LogP) is 3.71. The van der Waals surface area contributed by atoms with Crippen LogP contribution in [-0.4, -0.2) is 26.0 Å². The van der Waals surface area contributed by atoms with E-state index < -0.39 is 27.9 Å². The van der Waals surface area contributed by atoms with Crippen molar-refractivity contribution in [2.45, 2.75) is 24.8 Å². The van der Waals surface area contributed by atoms with E-state index in [0.29, 0.717) is 16.8 Å². The number of halogens is 1. The van der Waals surface area contributed by atoms with Gasteiger partial charge in [-0.3, -0.25) is 9.52 Å². The maximum absolute atomic E-state index is 13.3. The standard InChI is InChI=1S/C23H23FN2O4S/c1-15-10-11-19(31(29,30)26-21-9-4-3-6-16(21)2)13-20(15)23(28)25-14-22(27)17-7-5-8-18(24)12-17/h3-13,22,26-27H,14H2,1-2H3,(H,25,28). The number of amides is 1. The van der Waals surface area contributed by atoms with Gasteiger partial charge in [0.15, 0.2) is 0 Å². The second-order valence-electron chi connectivity index (χ2n) is 7.18. The number of rotatable bonds is 7. The number of carbonyl (C=O) groups excluding carboxylic acids is 1. The Kier molecular flexibility index (Phi) is 6.72. The molecule has 1 amide bonds.